The quantitative estimate of drug-likeness (QED) is 0.272. The Morgan fingerprint density at radius 2 is 1.81 bits per heavy atom. The summed E-state index contributed by atoms with van der Waals surface area (Å²) in [5.41, 5.74) is 3.05. The fraction of sp³-hybridized carbons (Fsp3) is 0.323. The molecule has 0 bridgehead atoms. The smallest absolute Gasteiger partial charge is 0.337 e. The SMILES string of the molecule is COC(=O)c1ccc([C@H](C(=O)NC[C@@H]2CCCO2)N(Cc2ccc(OC)cc2)C(=O)Cn2nnc3ccccc32)cc1. The molecule has 1 aliphatic heterocycles. The number of hydrogen-bond donors (Lipinski definition) is 1. The van der Waals surface area contributed by atoms with Gasteiger partial charge in [-0.05, 0) is 60.4 Å². The van der Waals surface area contributed by atoms with Gasteiger partial charge in [0.05, 0.1) is 31.4 Å². The Labute approximate surface area is 243 Å². The number of nitrogens with zero attached hydrogens (tertiary/aromatic N) is 4. The predicted octanol–water partition coefficient (Wildman–Crippen LogP) is 3.29. The Bertz CT molecular complexity index is 1530. The van der Waals surface area contributed by atoms with E-state index in [2.05, 4.69) is 15.6 Å². The fourth-order valence-electron chi connectivity index (χ4n) is 5.01. The largest absolute Gasteiger partial charge is 0.497 e. The van der Waals surface area contributed by atoms with Crippen LogP contribution in [0.5, 0.6) is 5.75 Å². The summed E-state index contributed by atoms with van der Waals surface area (Å²) in [6.07, 6.45) is 1.71. The minimum atomic E-state index is -1.01. The van der Waals surface area contributed by atoms with Crippen molar-refractivity contribution in [2.24, 2.45) is 0 Å². The van der Waals surface area contributed by atoms with Gasteiger partial charge in [-0.25, -0.2) is 9.48 Å². The number of methoxy groups -OCH3 is 2. The van der Waals surface area contributed by atoms with Crippen molar-refractivity contribution in [3.05, 3.63) is 89.5 Å². The van der Waals surface area contributed by atoms with Crippen LogP contribution >= 0.6 is 0 Å². The highest BCUT2D eigenvalue weighted by molar-refractivity contribution is 5.91. The molecule has 0 spiro atoms. The second kappa shape index (κ2) is 13.3. The number of fused-ring (bicyclic) bond motifs is 1. The average Bonchev–Trinajstić information content (AvgIpc) is 3.70. The van der Waals surface area contributed by atoms with Crippen molar-refractivity contribution in [3.8, 4) is 5.75 Å². The number of esters is 1. The molecule has 218 valence electrons. The number of hydrogen-bond acceptors (Lipinski definition) is 8. The zero-order valence-corrected chi connectivity index (χ0v) is 23.6. The van der Waals surface area contributed by atoms with E-state index in [0.29, 0.717) is 41.1 Å². The van der Waals surface area contributed by atoms with E-state index in [1.165, 1.54) is 16.7 Å². The summed E-state index contributed by atoms with van der Waals surface area (Å²) < 4.78 is 17.4. The summed E-state index contributed by atoms with van der Waals surface area (Å²) >= 11 is 0. The number of nitrogens with one attached hydrogen (secondary N) is 1. The lowest BCUT2D eigenvalue weighted by molar-refractivity contribution is -0.142. The second-order valence-electron chi connectivity index (χ2n) is 10.0. The van der Waals surface area contributed by atoms with Crippen LogP contribution in [0, 0.1) is 0 Å². The fourth-order valence-corrected chi connectivity index (χ4v) is 5.01. The van der Waals surface area contributed by atoms with Gasteiger partial charge in [0.1, 0.15) is 23.9 Å². The molecule has 11 heteroatoms. The number of ether oxygens (including phenoxy) is 3. The van der Waals surface area contributed by atoms with E-state index in [1.54, 1.807) is 43.5 Å². The van der Waals surface area contributed by atoms with Crippen LogP contribution < -0.4 is 10.1 Å². The third-order valence-electron chi connectivity index (χ3n) is 7.27. The molecule has 1 N–H and O–H groups in total. The monoisotopic (exact) mass is 571 g/mol. The first-order valence-corrected chi connectivity index (χ1v) is 13.7. The lowest BCUT2D eigenvalue weighted by Gasteiger charge is -2.32. The molecule has 42 heavy (non-hydrogen) atoms. The molecule has 1 aromatic heterocycles. The maximum Gasteiger partial charge on any atom is 0.337 e. The Kier molecular flexibility index (Phi) is 9.08. The molecule has 1 fully saturated rings. The minimum Gasteiger partial charge on any atom is -0.497 e. The maximum atomic E-state index is 14.1. The molecular formula is C31H33N5O6. The topological polar surface area (TPSA) is 125 Å². The Morgan fingerprint density at radius 1 is 1.05 bits per heavy atom. The van der Waals surface area contributed by atoms with Gasteiger partial charge in [0.25, 0.3) is 0 Å². The lowest BCUT2D eigenvalue weighted by Crippen LogP contribution is -2.46. The predicted molar refractivity (Wildman–Crippen MR) is 154 cm³/mol. The first-order valence-electron chi connectivity index (χ1n) is 13.7. The van der Waals surface area contributed by atoms with Crippen molar-refractivity contribution in [1.29, 1.82) is 0 Å². The average molecular weight is 572 g/mol. The van der Waals surface area contributed by atoms with Gasteiger partial charge >= 0.3 is 5.97 Å². The number of carbonyl (C=O) groups is 3. The number of amides is 2. The number of para-hydroxylation sites is 1. The summed E-state index contributed by atoms with van der Waals surface area (Å²) in [6, 6.07) is 20.2. The molecular weight excluding hydrogens is 538 g/mol. The van der Waals surface area contributed by atoms with Crippen LogP contribution in [-0.2, 0) is 32.2 Å². The van der Waals surface area contributed by atoms with E-state index < -0.39 is 12.0 Å². The van der Waals surface area contributed by atoms with E-state index >= 15 is 0 Å². The Balaban J connectivity index is 1.51. The first kappa shape index (κ1) is 28.7. The third kappa shape index (κ3) is 6.58. The van der Waals surface area contributed by atoms with Gasteiger partial charge in [-0.2, -0.15) is 0 Å². The van der Waals surface area contributed by atoms with E-state index in [0.717, 1.165) is 18.4 Å². The van der Waals surface area contributed by atoms with Crippen LogP contribution in [0.4, 0.5) is 0 Å². The van der Waals surface area contributed by atoms with Crippen LogP contribution in [0.2, 0.25) is 0 Å². The van der Waals surface area contributed by atoms with Crippen molar-refractivity contribution >= 4 is 28.8 Å². The molecule has 4 aromatic rings. The van der Waals surface area contributed by atoms with Crippen LogP contribution in [0.15, 0.2) is 72.8 Å². The van der Waals surface area contributed by atoms with Gasteiger partial charge in [-0.1, -0.05) is 41.6 Å². The van der Waals surface area contributed by atoms with Crippen LogP contribution in [0.1, 0.15) is 40.4 Å². The zero-order chi connectivity index (χ0) is 29.5. The standard InChI is InChI=1S/C31H33N5O6/c1-40-24-15-9-21(10-16-24)19-35(28(37)20-36-27-8-4-3-7-26(27)33-34-36)29(30(38)32-18-25-6-5-17-42-25)22-11-13-23(14-12-22)31(39)41-2/h3-4,7-16,25,29H,5-6,17-20H2,1-2H3,(H,32,38)/t25-,29+/m0/s1. The Hall–Kier alpha value is -4.77. The van der Waals surface area contributed by atoms with E-state index in [-0.39, 0.29) is 31.0 Å². The molecule has 1 aliphatic rings. The second-order valence-corrected chi connectivity index (χ2v) is 10.0. The lowest BCUT2D eigenvalue weighted by atomic mass is 10.0. The van der Waals surface area contributed by atoms with E-state index in [9.17, 15) is 14.4 Å². The van der Waals surface area contributed by atoms with Crippen LogP contribution in [0.25, 0.3) is 11.0 Å². The summed E-state index contributed by atoms with van der Waals surface area (Å²) in [7, 11) is 2.89. The van der Waals surface area contributed by atoms with Gasteiger partial charge in [0, 0.05) is 19.7 Å². The van der Waals surface area contributed by atoms with Gasteiger partial charge in [0.15, 0.2) is 0 Å². The number of benzene rings is 3. The van der Waals surface area contributed by atoms with Crippen molar-refractivity contribution in [2.45, 2.75) is 38.1 Å². The summed E-state index contributed by atoms with van der Waals surface area (Å²) in [5, 5.41) is 11.4. The highest BCUT2D eigenvalue weighted by atomic mass is 16.5. The van der Waals surface area contributed by atoms with E-state index in [1.807, 2.05) is 36.4 Å². The highest BCUT2D eigenvalue weighted by Gasteiger charge is 2.33. The molecule has 0 radical (unpaired) electrons. The summed E-state index contributed by atoms with van der Waals surface area (Å²) in [6.45, 7) is 0.986. The molecule has 11 nitrogen and oxygen atoms in total. The molecule has 0 saturated carbocycles. The third-order valence-corrected chi connectivity index (χ3v) is 7.27. The molecule has 1 saturated heterocycles. The van der Waals surface area contributed by atoms with Crippen molar-refractivity contribution < 1.29 is 28.6 Å². The normalized spacial score (nSPS) is 15.2. The maximum absolute atomic E-state index is 14.1. The molecule has 2 amide bonds. The minimum absolute atomic E-state index is 0.0800. The van der Waals surface area contributed by atoms with Gasteiger partial charge < -0.3 is 24.4 Å². The van der Waals surface area contributed by atoms with Crippen molar-refractivity contribution in [2.75, 3.05) is 27.4 Å². The summed E-state index contributed by atoms with van der Waals surface area (Å²) in [5.74, 6) is -0.516. The summed E-state index contributed by atoms with van der Waals surface area (Å²) in [4.78, 5) is 41.7. The molecule has 0 unspecified atom stereocenters. The van der Waals surface area contributed by atoms with Crippen molar-refractivity contribution in [3.63, 3.8) is 0 Å². The number of aromatic nitrogens is 3. The molecule has 3 aromatic carbocycles. The number of carbonyl (C=O) groups excluding carboxylic acids is 3. The van der Waals surface area contributed by atoms with Gasteiger partial charge in [-0.3, -0.25) is 9.59 Å². The molecule has 5 rings (SSSR count). The van der Waals surface area contributed by atoms with Crippen LogP contribution in [-0.4, -0.2) is 71.2 Å². The van der Waals surface area contributed by atoms with Gasteiger partial charge in [-0.15, -0.1) is 5.10 Å². The Morgan fingerprint density at radius 3 is 2.50 bits per heavy atom. The van der Waals surface area contributed by atoms with Gasteiger partial charge in [0.2, 0.25) is 11.8 Å². The molecule has 2 atom stereocenters. The highest BCUT2D eigenvalue weighted by Crippen LogP contribution is 2.26. The van der Waals surface area contributed by atoms with E-state index in [4.69, 9.17) is 14.2 Å². The number of rotatable bonds is 11. The first-order chi connectivity index (χ1) is 20.5. The molecule has 2 heterocycles. The molecule has 0 aliphatic carbocycles. The zero-order valence-electron chi connectivity index (χ0n) is 23.6. The van der Waals surface area contributed by atoms with Crippen molar-refractivity contribution in [1.82, 2.24) is 25.2 Å². The van der Waals surface area contributed by atoms with Crippen LogP contribution in [0.3, 0.4) is 0 Å².